The number of aryl methyl sites for hydroxylation is 2. The largest absolute Gasteiger partial charge is 0.352 e. The number of carbonyl (C=O) groups is 2. The van der Waals surface area contributed by atoms with Gasteiger partial charge in [-0.1, -0.05) is 12.1 Å². The third-order valence-corrected chi connectivity index (χ3v) is 6.07. The van der Waals surface area contributed by atoms with Crippen LogP contribution in [0.2, 0.25) is 0 Å². The molecule has 2 aliphatic rings. The Morgan fingerprint density at radius 2 is 2.08 bits per heavy atom. The molecule has 1 N–H and O–H groups in total. The van der Waals surface area contributed by atoms with Crippen LogP contribution in [0.5, 0.6) is 0 Å². The van der Waals surface area contributed by atoms with Gasteiger partial charge in [0.2, 0.25) is 5.91 Å². The van der Waals surface area contributed by atoms with E-state index < -0.39 is 11.9 Å². The van der Waals surface area contributed by atoms with Gasteiger partial charge in [-0.2, -0.15) is 0 Å². The number of hydrogen-bond acceptors (Lipinski definition) is 3. The minimum Gasteiger partial charge on any atom is -0.352 e. The predicted octanol–water partition coefficient (Wildman–Crippen LogP) is 3.08. The number of nitrogens with zero attached hydrogens (tertiary/aromatic N) is 1. The number of hydrogen-bond donors (Lipinski definition) is 1. The minimum absolute atomic E-state index is 0.136. The second-order valence-electron chi connectivity index (χ2n) is 6.51. The van der Waals surface area contributed by atoms with Gasteiger partial charge in [-0.25, -0.2) is 4.39 Å². The van der Waals surface area contributed by atoms with Gasteiger partial charge >= 0.3 is 0 Å². The van der Waals surface area contributed by atoms with E-state index in [-0.39, 0.29) is 11.8 Å². The molecule has 1 fully saturated rings. The van der Waals surface area contributed by atoms with E-state index in [1.54, 1.807) is 28.4 Å². The van der Waals surface area contributed by atoms with Gasteiger partial charge in [0.05, 0.1) is 4.88 Å². The van der Waals surface area contributed by atoms with Crippen LogP contribution in [-0.2, 0) is 17.6 Å². The number of halogens is 1. The second-order valence-corrected chi connectivity index (χ2v) is 7.65. The minimum atomic E-state index is -0.781. The summed E-state index contributed by atoms with van der Waals surface area (Å²) in [5.74, 6) is -0.801. The molecule has 1 saturated heterocycles. The molecule has 0 unspecified atom stereocenters. The fraction of sp³-hybridized carbons (Fsp3) is 0.368. The molecule has 0 bridgehead atoms. The maximum absolute atomic E-state index is 13.6. The molecule has 1 aliphatic heterocycles. The van der Waals surface area contributed by atoms with Crippen molar-refractivity contribution in [2.24, 2.45) is 0 Å². The number of benzene rings is 1. The van der Waals surface area contributed by atoms with Crippen LogP contribution in [0.4, 0.5) is 4.39 Å². The molecule has 0 saturated carbocycles. The Balaban J connectivity index is 1.67. The van der Waals surface area contributed by atoms with Crippen LogP contribution in [-0.4, -0.2) is 29.8 Å². The van der Waals surface area contributed by atoms with Crippen molar-refractivity contribution in [3.8, 4) is 0 Å². The predicted molar refractivity (Wildman–Crippen MR) is 94.1 cm³/mol. The molecular weight excluding hydrogens is 339 g/mol. The molecule has 0 spiro atoms. The lowest BCUT2D eigenvalue weighted by molar-refractivity contribution is -0.128. The van der Waals surface area contributed by atoms with E-state index in [0.29, 0.717) is 23.5 Å². The molecule has 4 rings (SSSR count). The first kappa shape index (κ1) is 16.3. The molecule has 0 radical (unpaired) electrons. The summed E-state index contributed by atoms with van der Waals surface area (Å²) in [7, 11) is 0. The van der Waals surface area contributed by atoms with Crippen molar-refractivity contribution in [1.82, 2.24) is 10.2 Å². The van der Waals surface area contributed by atoms with E-state index in [9.17, 15) is 14.0 Å². The molecule has 6 heteroatoms. The molecule has 2 heterocycles. The first-order valence-electron chi connectivity index (χ1n) is 8.59. The topological polar surface area (TPSA) is 49.4 Å². The fourth-order valence-corrected chi connectivity index (χ4v) is 4.84. The molecule has 2 aromatic rings. The lowest BCUT2D eigenvalue weighted by atomic mass is 9.99. The van der Waals surface area contributed by atoms with Crippen LogP contribution >= 0.6 is 11.3 Å². The van der Waals surface area contributed by atoms with Crippen LogP contribution in [0.1, 0.15) is 44.6 Å². The van der Waals surface area contributed by atoms with E-state index in [2.05, 4.69) is 5.32 Å². The summed E-state index contributed by atoms with van der Waals surface area (Å²) in [6, 6.07) is 7.13. The molecule has 2 amide bonds. The van der Waals surface area contributed by atoms with Crippen molar-refractivity contribution in [2.75, 3.05) is 13.1 Å². The second kappa shape index (κ2) is 6.59. The fourth-order valence-electron chi connectivity index (χ4n) is 3.63. The Hall–Kier alpha value is -2.21. The first-order chi connectivity index (χ1) is 12.1. The third kappa shape index (κ3) is 3.06. The van der Waals surface area contributed by atoms with Gasteiger partial charge in [0.25, 0.3) is 5.91 Å². The molecule has 1 atom stereocenters. The van der Waals surface area contributed by atoms with Crippen molar-refractivity contribution in [2.45, 2.75) is 31.7 Å². The Kier molecular flexibility index (Phi) is 4.29. The van der Waals surface area contributed by atoms with Crippen molar-refractivity contribution < 1.29 is 14.0 Å². The smallest absolute Gasteiger partial charge is 0.264 e. The van der Waals surface area contributed by atoms with Crippen LogP contribution in [0.25, 0.3) is 0 Å². The van der Waals surface area contributed by atoms with Crippen molar-refractivity contribution in [1.29, 1.82) is 0 Å². The van der Waals surface area contributed by atoms with Gasteiger partial charge in [-0.05, 0) is 55.0 Å². The quantitative estimate of drug-likeness (QED) is 0.897. The summed E-state index contributed by atoms with van der Waals surface area (Å²) in [6.45, 7) is 0.843. The standard InChI is InChI=1S/C19H19FN2O2S/c20-14-6-3-5-13(10-14)17-18(23)21-8-9-22(17)19(24)16-11-12-4-1-2-7-15(12)25-16/h3,5-6,10-11,17H,1-2,4,7-9H2,(H,21,23)/t17-/m1/s1. The number of amides is 2. The van der Waals surface area contributed by atoms with Crippen molar-refractivity contribution in [3.05, 3.63) is 57.0 Å². The molecule has 130 valence electrons. The first-order valence-corrected chi connectivity index (χ1v) is 9.41. The van der Waals surface area contributed by atoms with Gasteiger partial charge in [-0.15, -0.1) is 11.3 Å². The highest BCUT2D eigenvalue weighted by molar-refractivity contribution is 7.14. The van der Waals surface area contributed by atoms with E-state index in [1.807, 2.05) is 6.07 Å². The lowest BCUT2D eigenvalue weighted by Gasteiger charge is -2.35. The highest BCUT2D eigenvalue weighted by Gasteiger charge is 2.35. The summed E-state index contributed by atoms with van der Waals surface area (Å²) in [6.07, 6.45) is 4.38. The average molecular weight is 358 g/mol. The Morgan fingerprint density at radius 1 is 1.24 bits per heavy atom. The summed E-state index contributed by atoms with van der Waals surface area (Å²) >= 11 is 1.54. The summed E-state index contributed by atoms with van der Waals surface area (Å²) in [5.41, 5.74) is 1.77. The lowest BCUT2D eigenvalue weighted by Crippen LogP contribution is -2.52. The number of nitrogens with one attached hydrogen (secondary N) is 1. The van der Waals surface area contributed by atoms with Crippen LogP contribution < -0.4 is 5.32 Å². The number of rotatable bonds is 2. The molecule has 25 heavy (non-hydrogen) atoms. The molecular formula is C19H19FN2O2S. The monoisotopic (exact) mass is 358 g/mol. The zero-order valence-corrected chi connectivity index (χ0v) is 14.6. The number of carbonyl (C=O) groups excluding carboxylic acids is 2. The molecule has 1 aliphatic carbocycles. The molecule has 1 aromatic carbocycles. The van der Waals surface area contributed by atoms with Crippen LogP contribution in [0.3, 0.4) is 0 Å². The van der Waals surface area contributed by atoms with Gasteiger partial charge in [0.15, 0.2) is 0 Å². The average Bonchev–Trinajstić information content (AvgIpc) is 3.05. The Labute approximate surface area is 149 Å². The van der Waals surface area contributed by atoms with Gasteiger partial charge in [-0.3, -0.25) is 9.59 Å². The highest BCUT2D eigenvalue weighted by atomic mass is 32.1. The normalized spacial score (nSPS) is 20.1. The number of thiophene rings is 1. The van der Waals surface area contributed by atoms with E-state index in [4.69, 9.17) is 0 Å². The van der Waals surface area contributed by atoms with Gasteiger partial charge in [0, 0.05) is 18.0 Å². The number of piperazine rings is 1. The van der Waals surface area contributed by atoms with Crippen molar-refractivity contribution >= 4 is 23.2 Å². The summed E-state index contributed by atoms with van der Waals surface area (Å²) < 4.78 is 13.6. The molecule has 4 nitrogen and oxygen atoms in total. The van der Waals surface area contributed by atoms with Gasteiger partial charge < -0.3 is 10.2 Å². The maximum atomic E-state index is 13.6. The summed E-state index contributed by atoms with van der Waals surface area (Å²) in [5, 5.41) is 2.78. The Bertz CT molecular complexity index is 809. The van der Waals surface area contributed by atoms with E-state index >= 15 is 0 Å². The van der Waals surface area contributed by atoms with E-state index in [0.717, 1.165) is 19.3 Å². The summed E-state index contributed by atoms with van der Waals surface area (Å²) in [4.78, 5) is 29.1. The van der Waals surface area contributed by atoms with Gasteiger partial charge in [0.1, 0.15) is 11.9 Å². The highest BCUT2D eigenvalue weighted by Crippen LogP contribution is 2.32. The third-order valence-electron chi connectivity index (χ3n) is 4.84. The zero-order chi connectivity index (χ0) is 17.4. The van der Waals surface area contributed by atoms with Crippen LogP contribution in [0, 0.1) is 5.82 Å². The SMILES string of the molecule is O=C1NCCN(C(=O)c2cc3c(s2)CCCC3)[C@@H]1c1cccc(F)c1. The van der Waals surface area contributed by atoms with Crippen LogP contribution in [0.15, 0.2) is 30.3 Å². The number of fused-ring (bicyclic) bond motifs is 1. The zero-order valence-electron chi connectivity index (χ0n) is 13.8. The van der Waals surface area contributed by atoms with Crippen molar-refractivity contribution in [3.63, 3.8) is 0 Å². The van der Waals surface area contributed by atoms with E-state index in [1.165, 1.54) is 29.0 Å². The maximum Gasteiger partial charge on any atom is 0.264 e. The Morgan fingerprint density at radius 3 is 2.88 bits per heavy atom. The molecule has 1 aromatic heterocycles.